The first-order chi connectivity index (χ1) is 17.7. The number of carbonyl (C=O) groups is 3. The standard InChI is InChI=1S/C26H27N3O6S2/c1-2-29(18-8-4-3-5-9-18)37(33,34)19-14-12-17(13-15-19)26(32)35-16-22(30)28-25-23(24(27)31)20-10-6-7-11-21(20)36-25/h3-5,8-9,12-15H,2,6-7,10-11,16H2,1H3,(H2,27,31)(H,28,30). The normalized spacial score (nSPS) is 12.9. The number of nitrogens with one attached hydrogen (secondary N) is 1. The summed E-state index contributed by atoms with van der Waals surface area (Å²) in [4.78, 5) is 38.0. The van der Waals surface area contributed by atoms with E-state index >= 15 is 0 Å². The highest BCUT2D eigenvalue weighted by atomic mass is 32.2. The van der Waals surface area contributed by atoms with Crippen LogP contribution in [0.3, 0.4) is 0 Å². The zero-order valence-corrected chi connectivity index (χ0v) is 21.9. The average molecular weight is 542 g/mol. The molecule has 2 aromatic carbocycles. The van der Waals surface area contributed by atoms with Crippen molar-refractivity contribution >= 4 is 49.8 Å². The number of hydrogen-bond acceptors (Lipinski definition) is 7. The number of ether oxygens (including phenoxy) is 1. The SMILES string of the molecule is CCN(c1ccccc1)S(=O)(=O)c1ccc(C(=O)OCC(=O)Nc2sc3c(c2C(N)=O)CCCC3)cc1. The van der Waals surface area contributed by atoms with E-state index in [2.05, 4.69) is 5.32 Å². The molecule has 9 nitrogen and oxygen atoms in total. The second kappa shape index (κ2) is 11.1. The Morgan fingerprint density at radius 1 is 1.03 bits per heavy atom. The summed E-state index contributed by atoms with van der Waals surface area (Å²) < 4.78 is 32.6. The van der Waals surface area contributed by atoms with Crippen LogP contribution in [0.25, 0.3) is 0 Å². The van der Waals surface area contributed by atoms with Gasteiger partial charge in [-0.3, -0.25) is 13.9 Å². The highest BCUT2D eigenvalue weighted by Gasteiger charge is 2.26. The van der Waals surface area contributed by atoms with Crippen LogP contribution in [-0.2, 0) is 32.4 Å². The number of hydrogen-bond donors (Lipinski definition) is 2. The van der Waals surface area contributed by atoms with Gasteiger partial charge < -0.3 is 15.8 Å². The molecule has 1 aliphatic carbocycles. The Kier molecular flexibility index (Phi) is 7.94. The van der Waals surface area contributed by atoms with Crippen LogP contribution < -0.4 is 15.4 Å². The van der Waals surface area contributed by atoms with Gasteiger partial charge in [0.1, 0.15) is 5.00 Å². The van der Waals surface area contributed by atoms with Gasteiger partial charge in [0, 0.05) is 11.4 Å². The zero-order valence-electron chi connectivity index (χ0n) is 20.2. The van der Waals surface area contributed by atoms with Crippen molar-refractivity contribution in [2.24, 2.45) is 5.73 Å². The minimum absolute atomic E-state index is 0.0214. The van der Waals surface area contributed by atoms with Gasteiger partial charge in [0.15, 0.2) is 6.61 Å². The largest absolute Gasteiger partial charge is 0.452 e. The summed E-state index contributed by atoms with van der Waals surface area (Å²) in [5, 5.41) is 3.01. The molecule has 0 bridgehead atoms. The van der Waals surface area contributed by atoms with Crippen LogP contribution in [-0.4, -0.2) is 39.4 Å². The van der Waals surface area contributed by atoms with E-state index in [4.69, 9.17) is 10.5 Å². The molecule has 0 radical (unpaired) electrons. The number of nitrogens with two attached hydrogens (primary N) is 1. The predicted octanol–water partition coefficient (Wildman–Crippen LogP) is 3.74. The van der Waals surface area contributed by atoms with Gasteiger partial charge in [-0.15, -0.1) is 11.3 Å². The zero-order chi connectivity index (χ0) is 26.6. The first kappa shape index (κ1) is 26.4. The molecule has 1 aromatic heterocycles. The number of amides is 2. The quantitative estimate of drug-likeness (QED) is 0.396. The third-order valence-electron chi connectivity index (χ3n) is 6.01. The summed E-state index contributed by atoms with van der Waals surface area (Å²) in [5.41, 5.74) is 7.39. The molecule has 0 fully saturated rings. The summed E-state index contributed by atoms with van der Waals surface area (Å²) in [6.45, 7) is 1.40. The van der Waals surface area contributed by atoms with Crippen molar-refractivity contribution in [3.63, 3.8) is 0 Å². The fourth-order valence-electron chi connectivity index (χ4n) is 4.27. The first-order valence-electron chi connectivity index (χ1n) is 11.8. The maximum atomic E-state index is 13.1. The number of anilines is 2. The van der Waals surface area contributed by atoms with Crippen LogP contribution >= 0.6 is 11.3 Å². The summed E-state index contributed by atoms with van der Waals surface area (Å²) in [7, 11) is -3.84. The Morgan fingerprint density at radius 2 is 1.70 bits per heavy atom. The average Bonchev–Trinajstić information content (AvgIpc) is 3.26. The number of aryl methyl sites for hydroxylation is 1. The Morgan fingerprint density at radius 3 is 2.35 bits per heavy atom. The summed E-state index contributed by atoms with van der Waals surface area (Å²) in [5.74, 6) is -1.99. The number of thiophene rings is 1. The molecular weight excluding hydrogens is 514 g/mol. The van der Waals surface area contributed by atoms with Crippen molar-refractivity contribution in [1.29, 1.82) is 0 Å². The van der Waals surface area contributed by atoms with Crippen molar-refractivity contribution in [3.8, 4) is 0 Å². The van der Waals surface area contributed by atoms with E-state index in [1.54, 1.807) is 37.3 Å². The second-order valence-corrected chi connectivity index (χ2v) is 11.4. The maximum Gasteiger partial charge on any atom is 0.338 e. The molecule has 3 aromatic rings. The maximum absolute atomic E-state index is 13.1. The van der Waals surface area contributed by atoms with Crippen molar-refractivity contribution in [2.45, 2.75) is 37.5 Å². The van der Waals surface area contributed by atoms with Crippen molar-refractivity contribution in [1.82, 2.24) is 0 Å². The van der Waals surface area contributed by atoms with Gasteiger partial charge in [0.25, 0.3) is 21.8 Å². The third-order valence-corrected chi connectivity index (χ3v) is 9.14. The molecule has 4 rings (SSSR count). The van der Waals surface area contributed by atoms with Crippen LogP contribution in [0.5, 0.6) is 0 Å². The topological polar surface area (TPSA) is 136 Å². The van der Waals surface area contributed by atoms with E-state index in [0.717, 1.165) is 36.1 Å². The lowest BCUT2D eigenvalue weighted by atomic mass is 9.95. The van der Waals surface area contributed by atoms with E-state index in [-0.39, 0.29) is 17.0 Å². The number of sulfonamides is 1. The molecule has 3 N–H and O–H groups in total. The fraction of sp³-hybridized carbons (Fsp3) is 0.269. The summed E-state index contributed by atoms with van der Waals surface area (Å²) in [6.07, 6.45) is 3.54. The van der Waals surface area contributed by atoms with Crippen LogP contribution in [0, 0.1) is 0 Å². The minimum atomic E-state index is -3.84. The van der Waals surface area contributed by atoms with E-state index in [0.29, 0.717) is 16.3 Å². The molecule has 0 unspecified atom stereocenters. The molecule has 37 heavy (non-hydrogen) atoms. The third kappa shape index (κ3) is 5.67. The van der Waals surface area contributed by atoms with Crippen molar-refractivity contribution in [2.75, 3.05) is 22.8 Å². The lowest BCUT2D eigenvalue weighted by molar-refractivity contribution is -0.119. The highest BCUT2D eigenvalue weighted by molar-refractivity contribution is 7.92. The van der Waals surface area contributed by atoms with E-state index in [1.807, 2.05) is 0 Å². The summed E-state index contributed by atoms with van der Waals surface area (Å²) >= 11 is 1.32. The van der Waals surface area contributed by atoms with E-state index in [1.165, 1.54) is 39.9 Å². The van der Waals surface area contributed by atoms with Crippen LogP contribution in [0.2, 0.25) is 0 Å². The molecule has 1 heterocycles. The van der Waals surface area contributed by atoms with Gasteiger partial charge in [-0.05, 0) is 74.6 Å². The molecular formula is C26H27N3O6S2. The van der Waals surface area contributed by atoms with Crippen molar-refractivity contribution in [3.05, 3.63) is 76.2 Å². The molecule has 0 saturated carbocycles. The summed E-state index contributed by atoms with van der Waals surface area (Å²) in [6, 6.07) is 14.0. The molecule has 0 atom stereocenters. The van der Waals surface area contributed by atoms with Crippen LogP contribution in [0.1, 0.15) is 50.9 Å². The number of primary amides is 1. The molecule has 2 amide bonds. The van der Waals surface area contributed by atoms with Gasteiger partial charge in [0.05, 0.1) is 21.7 Å². The molecule has 11 heteroatoms. The number of benzene rings is 2. The smallest absolute Gasteiger partial charge is 0.338 e. The monoisotopic (exact) mass is 541 g/mol. The molecule has 0 spiro atoms. The Balaban J connectivity index is 1.40. The number of para-hydroxylation sites is 1. The minimum Gasteiger partial charge on any atom is -0.452 e. The number of fused-ring (bicyclic) bond motifs is 1. The number of esters is 1. The first-order valence-corrected chi connectivity index (χ1v) is 14.1. The predicted molar refractivity (Wildman–Crippen MR) is 141 cm³/mol. The molecule has 0 saturated heterocycles. The Hall–Kier alpha value is -3.70. The number of rotatable bonds is 9. The lowest BCUT2D eigenvalue weighted by Gasteiger charge is -2.22. The van der Waals surface area contributed by atoms with Gasteiger partial charge in [0.2, 0.25) is 0 Å². The molecule has 0 aliphatic heterocycles. The fourth-order valence-corrected chi connectivity index (χ4v) is 7.05. The van der Waals surface area contributed by atoms with E-state index in [9.17, 15) is 22.8 Å². The lowest BCUT2D eigenvalue weighted by Crippen LogP contribution is -2.30. The second-order valence-electron chi connectivity index (χ2n) is 8.43. The number of carbonyl (C=O) groups excluding carboxylic acids is 3. The highest BCUT2D eigenvalue weighted by Crippen LogP contribution is 2.37. The van der Waals surface area contributed by atoms with Gasteiger partial charge >= 0.3 is 5.97 Å². The molecule has 194 valence electrons. The van der Waals surface area contributed by atoms with Crippen LogP contribution in [0.15, 0.2) is 59.5 Å². The number of nitrogens with zero attached hydrogens (tertiary/aromatic N) is 1. The van der Waals surface area contributed by atoms with Crippen LogP contribution in [0.4, 0.5) is 10.7 Å². The van der Waals surface area contributed by atoms with Crippen molar-refractivity contribution < 1.29 is 27.5 Å². The van der Waals surface area contributed by atoms with Gasteiger partial charge in [-0.2, -0.15) is 0 Å². The van der Waals surface area contributed by atoms with E-state index < -0.39 is 34.4 Å². The Labute approximate surface area is 219 Å². The molecule has 1 aliphatic rings. The van der Waals surface area contributed by atoms with Gasteiger partial charge in [-0.25, -0.2) is 13.2 Å². The Bertz CT molecular complexity index is 1420. The van der Waals surface area contributed by atoms with Gasteiger partial charge in [-0.1, -0.05) is 18.2 Å².